The van der Waals surface area contributed by atoms with E-state index in [1.54, 1.807) is 29.2 Å². The van der Waals surface area contributed by atoms with Crippen molar-refractivity contribution >= 4 is 17.6 Å². The number of amides is 1. The summed E-state index contributed by atoms with van der Waals surface area (Å²) >= 11 is 0. The van der Waals surface area contributed by atoms with Crippen molar-refractivity contribution in [3.63, 3.8) is 0 Å². The van der Waals surface area contributed by atoms with E-state index < -0.39 is 0 Å². The smallest absolute Gasteiger partial charge is 0.414 e. The SMILES string of the molecule is CCC1COC(=O)N1c1ccc(C(C)=O)cc1. The van der Waals surface area contributed by atoms with Gasteiger partial charge in [-0.05, 0) is 37.6 Å². The first kappa shape index (κ1) is 11.6. The number of ketones is 1. The minimum Gasteiger partial charge on any atom is -0.447 e. The molecule has 0 bridgehead atoms. The van der Waals surface area contributed by atoms with Crippen LogP contribution in [0.2, 0.25) is 0 Å². The van der Waals surface area contributed by atoms with Gasteiger partial charge in [0.25, 0.3) is 0 Å². The summed E-state index contributed by atoms with van der Waals surface area (Å²) in [5.74, 6) is 0.0209. The van der Waals surface area contributed by atoms with Crippen molar-refractivity contribution in [1.29, 1.82) is 0 Å². The lowest BCUT2D eigenvalue weighted by atomic mass is 10.1. The van der Waals surface area contributed by atoms with E-state index in [4.69, 9.17) is 4.74 Å². The molecule has 1 fully saturated rings. The van der Waals surface area contributed by atoms with Gasteiger partial charge in [0, 0.05) is 11.3 Å². The van der Waals surface area contributed by atoms with E-state index in [0.29, 0.717) is 12.2 Å². The summed E-state index contributed by atoms with van der Waals surface area (Å²) < 4.78 is 5.02. The van der Waals surface area contributed by atoms with Crippen molar-refractivity contribution < 1.29 is 14.3 Å². The zero-order valence-corrected chi connectivity index (χ0v) is 9.97. The van der Waals surface area contributed by atoms with Crippen molar-refractivity contribution in [2.24, 2.45) is 0 Å². The maximum Gasteiger partial charge on any atom is 0.414 e. The number of rotatable bonds is 3. The number of carbonyl (C=O) groups is 2. The molecule has 0 N–H and O–H groups in total. The minimum absolute atomic E-state index is 0.0209. The molecule has 0 aromatic heterocycles. The molecule has 2 rings (SSSR count). The van der Waals surface area contributed by atoms with Gasteiger partial charge in [0.2, 0.25) is 0 Å². The zero-order chi connectivity index (χ0) is 12.4. The molecule has 1 aromatic rings. The number of hydrogen-bond acceptors (Lipinski definition) is 3. The van der Waals surface area contributed by atoms with Crippen LogP contribution in [0.1, 0.15) is 30.6 Å². The summed E-state index contributed by atoms with van der Waals surface area (Å²) in [4.78, 5) is 24.4. The van der Waals surface area contributed by atoms with Gasteiger partial charge in [-0.25, -0.2) is 4.79 Å². The highest BCUT2D eigenvalue weighted by Gasteiger charge is 2.32. The van der Waals surface area contributed by atoms with Crippen molar-refractivity contribution in [1.82, 2.24) is 0 Å². The van der Waals surface area contributed by atoms with Gasteiger partial charge in [-0.15, -0.1) is 0 Å². The molecule has 1 saturated heterocycles. The van der Waals surface area contributed by atoms with Gasteiger partial charge in [0.05, 0.1) is 6.04 Å². The highest BCUT2D eigenvalue weighted by molar-refractivity contribution is 5.95. The monoisotopic (exact) mass is 233 g/mol. The van der Waals surface area contributed by atoms with Gasteiger partial charge in [0.15, 0.2) is 5.78 Å². The first-order valence-electron chi connectivity index (χ1n) is 5.70. The molecule has 90 valence electrons. The third-order valence-corrected chi connectivity index (χ3v) is 2.98. The molecular weight excluding hydrogens is 218 g/mol. The Bertz CT molecular complexity index is 438. The Morgan fingerprint density at radius 3 is 2.59 bits per heavy atom. The van der Waals surface area contributed by atoms with Crippen LogP contribution in [0.3, 0.4) is 0 Å². The summed E-state index contributed by atoms with van der Waals surface area (Å²) in [6, 6.07) is 7.12. The van der Waals surface area contributed by atoms with E-state index in [-0.39, 0.29) is 17.9 Å². The second-order valence-electron chi connectivity index (χ2n) is 4.11. The quantitative estimate of drug-likeness (QED) is 0.754. The summed E-state index contributed by atoms with van der Waals surface area (Å²) in [5, 5.41) is 0. The number of ether oxygens (including phenoxy) is 1. The third kappa shape index (κ3) is 2.16. The van der Waals surface area contributed by atoms with E-state index >= 15 is 0 Å². The van der Waals surface area contributed by atoms with E-state index in [0.717, 1.165) is 12.1 Å². The van der Waals surface area contributed by atoms with Crippen LogP contribution in [0.4, 0.5) is 10.5 Å². The fraction of sp³-hybridized carbons (Fsp3) is 0.385. The van der Waals surface area contributed by atoms with Crippen molar-refractivity contribution in [2.45, 2.75) is 26.3 Å². The Morgan fingerprint density at radius 2 is 2.06 bits per heavy atom. The van der Waals surface area contributed by atoms with Crippen LogP contribution in [0.15, 0.2) is 24.3 Å². The molecular formula is C13H15NO3. The fourth-order valence-corrected chi connectivity index (χ4v) is 1.93. The molecule has 1 amide bonds. The lowest BCUT2D eigenvalue weighted by molar-refractivity contribution is 0.101. The predicted octanol–water partition coefficient (Wildman–Crippen LogP) is 2.62. The molecule has 1 atom stereocenters. The maximum atomic E-state index is 11.6. The van der Waals surface area contributed by atoms with Crippen molar-refractivity contribution in [3.8, 4) is 0 Å². The lowest BCUT2D eigenvalue weighted by Crippen LogP contribution is -2.32. The van der Waals surface area contributed by atoms with Gasteiger partial charge >= 0.3 is 6.09 Å². The first-order chi connectivity index (χ1) is 8.13. The van der Waals surface area contributed by atoms with Gasteiger partial charge in [-0.3, -0.25) is 9.69 Å². The largest absolute Gasteiger partial charge is 0.447 e. The highest BCUT2D eigenvalue weighted by Crippen LogP contribution is 2.24. The van der Waals surface area contributed by atoms with Crippen molar-refractivity contribution in [3.05, 3.63) is 29.8 Å². The Hall–Kier alpha value is -1.84. The number of cyclic esters (lactones) is 1. The summed E-state index contributed by atoms with van der Waals surface area (Å²) in [5.41, 5.74) is 1.43. The molecule has 4 heteroatoms. The average Bonchev–Trinajstić information content (AvgIpc) is 2.70. The molecule has 1 aliphatic rings. The number of nitrogens with zero attached hydrogens (tertiary/aromatic N) is 1. The first-order valence-corrected chi connectivity index (χ1v) is 5.70. The normalized spacial score (nSPS) is 19.3. The molecule has 17 heavy (non-hydrogen) atoms. The Morgan fingerprint density at radius 1 is 1.41 bits per heavy atom. The standard InChI is InChI=1S/C13H15NO3/c1-3-11-8-17-13(16)14(11)12-6-4-10(5-7-12)9(2)15/h4-7,11H,3,8H2,1-2H3. The zero-order valence-electron chi connectivity index (χ0n) is 9.97. The number of benzene rings is 1. The van der Waals surface area contributed by atoms with Crippen LogP contribution in [0.25, 0.3) is 0 Å². The van der Waals surface area contributed by atoms with E-state index in [2.05, 4.69) is 0 Å². The molecule has 1 unspecified atom stereocenters. The molecule has 1 aliphatic heterocycles. The second kappa shape index (κ2) is 4.57. The molecule has 0 aliphatic carbocycles. The van der Waals surface area contributed by atoms with Gasteiger partial charge in [-0.2, -0.15) is 0 Å². The van der Waals surface area contributed by atoms with Crippen LogP contribution in [0, 0.1) is 0 Å². The minimum atomic E-state index is -0.313. The molecule has 1 aromatic carbocycles. The van der Waals surface area contributed by atoms with Crippen molar-refractivity contribution in [2.75, 3.05) is 11.5 Å². The fourth-order valence-electron chi connectivity index (χ4n) is 1.93. The van der Waals surface area contributed by atoms with E-state index in [9.17, 15) is 9.59 Å². The predicted molar refractivity (Wildman–Crippen MR) is 64.4 cm³/mol. The Balaban J connectivity index is 2.27. The summed E-state index contributed by atoms with van der Waals surface area (Å²) in [6.45, 7) is 3.97. The van der Waals surface area contributed by atoms with Gasteiger partial charge < -0.3 is 4.74 Å². The average molecular weight is 233 g/mol. The lowest BCUT2D eigenvalue weighted by Gasteiger charge is -2.20. The van der Waals surface area contributed by atoms with Gasteiger partial charge in [-0.1, -0.05) is 6.92 Å². The van der Waals surface area contributed by atoms with Crippen LogP contribution in [-0.2, 0) is 4.74 Å². The summed E-state index contributed by atoms with van der Waals surface area (Å²) in [7, 11) is 0. The molecule has 0 radical (unpaired) electrons. The van der Waals surface area contributed by atoms with E-state index in [1.165, 1.54) is 6.92 Å². The van der Waals surface area contributed by atoms with Gasteiger partial charge in [0.1, 0.15) is 6.61 Å². The molecule has 0 saturated carbocycles. The van der Waals surface area contributed by atoms with Crippen LogP contribution in [0.5, 0.6) is 0 Å². The Labute approximate surface area is 100 Å². The maximum absolute atomic E-state index is 11.6. The van der Waals surface area contributed by atoms with Crippen LogP contribution < -0.4 is 4.90 Å². The molecule has 1 heterocycles. The second-order valence-corrected chi connectivity index (χ2v) is 4.11. The number of carbonyl (C=O) groups excluding carboxylic acids is 2. The topological polar surface area (TPSA) is 46.6 Å². The van der Waals surface area contributed by atoms with Crippen LogP contribution >= 0.6 is 0 Å². The molecule has 4 nitrogen and oxygen atoms in total. The number of anilines is 1. The van der Waals surface area contributed by atoms with Crippen LogP contribution in [-0.4, -0.2) is 24.5 Å². The highest BCUT2D eigenvalue weighted by atomic mass is 16.6. The molecule has 0 spiro atoms. The summed E-state index contributed by atoms with van der Waals surface area (Å²) in [6.07, 6.45) is 0.535. The third-order valence-electron chi connectivity index (χ3n) is 2.98. The Kier molecular flexibility index (Phi) is 3.13. The number of hydrogen-bond donors (Lipinski definition) is 0. The van der Waals surface area contributed by atoms with E-state index in [1.807, 2.05) is 6.92 Å². The number of Topliss-reactive ketones (excluding diaryl/α,β-unsaturated/α-hetero) is 1.